The molecule has 0 saturated carbocycles. The molecule has 516 valence electrons. The van der Waals surface area contributed by atoms with E-state index in [1.54, 1.807) is 0 Å². The standard InChI is InChI=1S/C49H81NO38S/c51-5-12-21(58)25(62)31(68)44(77-12)84-37-16(9-55)81-47(34(71)29(37)66)85-38-17(10-56)82-48(35(72)30(38)67)88-41-28(65)24(61)15(8-54)80-49(41)76-11-18-39(86-45-32(69)26(63)22(59)13(6-52)78-45)40(87-46-33(70)27(64)23(60)14(7-53)79-46)36(73)43(83-18)75-2-1-3-89-19-4-20(57)50-42(19)74/h12-19,21-41,43-49,51-56,58-73H,1-11H2,(H,50,57,74)/t12?,13?,14?,15?,16?,17?,18?,19?,21-,22+,23+,24+,25-,26-,27-,28-,29+,30+,31?,32?,33?,34?,35?,36?,37-,38+,39+,40+,41?,43-,44+,45-,46-,47-,48+,49+/m0/s1. The Morgan fingerprint density at radius 2 is 0.685 bits per heavy atom. The first-order valence-electron chi connectivity index (χ1n) is 28.4. The number of carbonyl (C=O) groups is 2. The van der Waals surface area contributed by atoms with Gasteiger partial charge in [0.2, 0.25) is 11.8 Å². The summed E-state index contributed by atoms with van der Waals surface area (Å²) in [5, 5.41) is 238. The van der Waals surface area contributed by atoms with E-state index in [0.717, 1.165) is 11.8 Å². The maximum Gasteiger partial charge on any atom is 0.240 e. The van der Waals surface area contributed by atoms with Crippen LogP contribution < -0.4 is 5.32 Å². The normalized spacial score (nSPS) is 50.0. The van der Waals surface area contributed by atoms with Crippen molar-refractivity contribution in [2.24, 2.45) is 0 Å². The number of amides is 2. The Bertz CT molecular complexity index is 2200. The van der Waals surface area contributed by atoms with E-state index in [2.05, 4.69) is 5.32 Å². The molecule has 8 saturated heterocycles. The van der Waals surface area contributed by atoms with Gasteiger partial charge in [-0.25, -0.2) is 0 Å². The largest absolute Gasteiger partial charge is 0.394 e. The van der Waals surface area contributed by atoms with Crippen LogP contribution >= 0.6 is 11.8 Å². The van der Waals surface area contributed by atoms with Crippen molar-refractivity contribution in [2.75, 3.05) is 58.6 Å². The van der Waals surface area contributed by atoms with E-state index in [0.29, 0.717) is 0 Å². The lowest BCUT2D eigenvalue weighted by Crippen LogP contribution is -2.68. The Hall–Kier alpha value is -1.95. The Kier molecular flexibility index (Phi) is 26.4. The quantitative estimate of drug-likeness (QED) is 0.0298. The summed E-state index contributed by atoms with van der Waals surface area (Å²) in [4.78, 5) is 24.0. The SMILES string of the molecule is O=C1CC(SCCCO[C@H]2OC(CO[C@@H]3OC(CO)[C@@H](O)[C@H](O)C3O[C@H]3OC(CO)[C@@H](O[C@@H]4OC(CO)[C@H](O[C@H]5OC(CO)[C@H](O)[C@H](O)C5O)[C@H](O)C4O)[C@H](O)C3O)[C@@H](O[C@@H]3OC(CO)[C@@H](O)[C@H](O)C3O)[C@H](O[C@@H]3OC(CO)[C@@H](O)[C@H](O)C3O)C2O)C(=O)N1. The average Bonchev–Trinajstić information content (AvgIpc) is 1.43. The zero-order valence-corrected chi connectivity index (χ0v) is 47.7. The van der Waals surface area contributed by atoms with E-state index in [1.807, 2.05) is 0 Å². The molecular formula is C49H81NO38S. The van der Waals surface area contributed by atoms with Gasteiger partial charge in [0.15, 0.2) is 44.0 Å². The number of aliphatic hydroxyl groups excluding tert-OH is 22. The second-order valence-electron chi connectivity index (χ2n) is 22.3. The molecule has 15 unspecified atom stereocenters. The highest BCUT2D eigenvalue weighted by Gasteiger charge is 2.58. The van der Waals surface area contributed by atoms with Gasteiger partial charge < -0.3 is 179 Å². The van der Waals surface area contributed by atoms with Crippen molar-refractivity contribution < 1.29 is 188 Å². The van der Waals surface area contributed by atoms with Gasteiger partial charge >= 0.3 is 0 Å². The molecule has 0 aromatic rings. The molecule has 40 heteroatoms. The number of thioether (sulfide) groups is 1. The monoisotopic (exact) mass is 1320 g/mol. The third-order valence-corrected chi connectivity index (χ3v) is 17.6. The van der Waals surface area contributed by atoms with Crippen LogP contribution in [0.5, 0.6) is 0 Å². The Labute approximate surface area is 507 Å². The number of ether oxygens (including phenoxy) is 14. The van der Waals surface area contributed by atoms with Gasteiger partial charge in [-0.15, -0.1) is 11.8 Å². The third-order valence-electron chi connectivity index (χ3n) is 16.3. The topological polar surface area (TPSA) is 620 Å². The molecule has 36 atom stereocenters. The number of carbonyl (C=O) groups excluding carboxylic acids is 2. The van der Waals surface area contributed by atoms with E-state index in [4.69, 9.17) is 66.3 Å². The van der Waals surface area contributed by atoms with Gasteiger partial charge in [-0.1, -0.05) is 0 Å². The van der Waals surface area contributed by atoms with E-state index in [1.165, 1.54) is 0 Å². The Morgan fingerprint density at radius 3 is 1.09 bits per heavy atom. The summed E-state index contributed by atoms with van der Waals surface area (Å²) in [5.41, 5.74) is 0. The van der Waals surface area contributed by atoms with Crippen molar-refractivity contribution in [3.05, 3.63) is 0 Å². The first kappa shape index (κ1) is 72.9. The van der Waals surface area contributed by atoms with Crippen molar-refractivity contribution in [3.8, 4) is 0 Å². The van der Waals surface area contributed by atoms with Crippen molar-refractivity contribution in [3.63, 3.8) is 0 Å². The zero-order valence-electron chi connectivity index (χ0n) is 46.8. The smallest absolute Gasteiger partial charge is 0.240 e. The van der Waals surface area contributed by atoms with E-state index in [-0.39, 0.29) is 25.2 Å². The second-order valence-corrected chi connectivity index (χ2v) is 23.6. The van der Waals surface area contributed by atoms with Gasteiger partial charge in [0, 0.05) is 6.42 Å². The summed E-state index contributed by atoms with van der Waals surface area (Å²) in [6, 6.07) is 0. The van der Waals surface area contributed by atoms with Crippen LogP contribution in [0.3, 0.4) is 0 Å². The Morgan fingerprint density at radius 1 is 0.348 bits per heavy atom. The van der Waals surface area contributed by atoms with Crippen LogP contribution in [-0.2, 0) is 75.9 Å². The maximum atomic E-state index is 12.2. The van der Waals surface area contributed by atoms with Gasteiger partial charge in [0.1, 0.15) is 171 Å². The molecule has 8 aliphatic rings. The fourth-order valence-electron chi connectivity index (χ4n) is 11.1. The van der Waals surface area contributed by atoms with Crippen LogP contribution in [0.4, 0.5) is 0 Å². The molecule has 8 aliphatic heterocycles. The molecule has 8 rings (SSSR count). The molecule has 39 nitrogen and oxygen atoms in total. The number of hydrogen-bond donors (Lipinski definition) is 23. The molecule has 89 heavy (non-hydrogen) atoms. The van der Waals surface area contributed by atoms with Crippen LogP contribution in [0.15, 0.2) is 0 Å². The minimum Gasteiger partial charge on any atom is -0.394 e. The minimum atomic E-state index is -2.32. The van der Waals surface area contributed by atoms with Crippen LogP contribution in [0.25, 0.3) is 0 Å². The van der Waals surface area contributed by atoms with Crippen LogP contribution in [0.2, 0.25) is 0 Å². The van der Waals surface area contributed by atoms with Crippen molar-refractivity contribution in [2.45, 2.75) is 233 Å². The summed E-state index contributed by atoms with van der Waals surface area (Å²) >= 11 is 1.10. The first-order valence-corrected chi connectivity index (χ1v) is 29.5. The lowest BCUT2D eigenvalue weighted by atomic mass is 9.95. The van der Waals surface area contributed by atoms with Gasteiger partial charge in [-0.2, -0.15) is 0 Å². The van der Waals surface area contributed by atoms with E-state index >= 15 is 0 Å². The molecule has 0 aromatic heterocycles. The van der Waals surface area contributed by atoms with E-state index in [9.17, 15) is 122 Å². The summed E-state index contributed by atoms with van der Waals surface area (Å²) in [6.45, 7) is -7.26. The predicted molar refractivity (Wildman–Crippen MR) is 274 cm³/mol. The van der Waals surface area contributed by atoms with Gasteiger partial charge in [-0.05, 0) is 12.2 Å². The van der Waals surface area contributed by atoms with E-state index < -0.39 is 278 Å². The molecule has 0 aromatic carbocycles. The molecule has 0 spiro atoms. The molecule has 0 aliphatic carbocycles. The molecular weight excluding hydrogens is 1240 g/mol. The van der Waals surface area contributed by atoms with Crippen LogP contribution in [0, 0.1) is 0 Å². The highest BCUT2D eigenvalue weighted by Crippen LogP contribution is 2.38. The highest BCUT2D eigenvalue weighted by atomic mass is 32.2. The molecule has 2 amide bonds. The maximum absolute atomic E-state index is 12.2. The van der Waals surface area contributed by atoms with Crippen LogP contribution in [0.1, 0.15) is 12.8 Å². The fraction of sp³-hybridized carbons (Fsp3) is 0.959. The molecule has 8 fully saturated rings. The lowest BCUT2D eigenvalue weighted by Gasteiger charge is -2.50. The molecule has 0 bridgehead atoms. The summed E-state index contributed by atoms with van der Waals surface area (Å²) < 4.78 is 81.3. The van der Waals surface area contributed by atoms with Crippen molar-refractivity contribution in [1.29, 1.82) is 0 Å². The first-order chi connectivity index (χ1) is 42.3. The summed E-state index contributed by atoms with van der Waals surface area (Å²) in [7, 11) is 0. The minimum absolute atomic E-state index is 0.0899. The molecule has 0 radical (unpaired) electrons. The summed E-state index contributed by atoms with van der Waals surface area (Å²) in [5.74, 6) is -0.800. The number of nitrogens with one attached hydrogen (secondary N) is 1. The number of imide groups is 1. The second kappa shape index (κ2) is 32.2. The summed E-state index contributed by atoms with van der Waals surface area (Å²) in [6.07, 6.45) is -69.4. The molecule has 23 N–H and O–H groups in total. The number of aliphatic hydroxyl groups is 22. The fourth-order valence-corrected chi connectivity index (χ4v) is 12.2. The Balaban J connectivity index is 1.02. The van der Waals surface area contributed by atoms with Gasteiger partial charge in [-0.3, -0.25) is 14.9 Å². The van der Waals surface area contributed by atoms with Crippen molar-refractivity contribution >= 4 is 23.6 Å². The highest BCUT2D eigenvalue weighted by molar-refractivity contribution is 8.00. The van der Waals surface area contributed by atoms with Gasteiger partial charge in [0.05, 0.1) is 58.1 Å². The average molecular weight is 1320 g/mol. The number of rotatable bonds is 25. The zero-order chi connectivity index (χ0) is 65.0. The van der Waals surface area contributed by atoms with Crippen LogP contribution in [-0.4, -0.2) is 403 Å². The third kappa shape index (κ3) is 16.0. The molecule has 8 heterocycles. The number of hydrogen-bond acceptors (Lipinski definition) is 39. The predicted octanol–water partition coefficient (Wildman–Crippen LogP) is -15.7. The lowest BCUT2D eigenvalue weighted by molar-refractivity contribution is -0.399. The van der Waals surface area contributed by atoms with Crippen molar-refractivity contribution in [1.82, 2.24) is 5.32 Å². The van der Waals surface area contributed by atoms with Gasteiger partial charge in [0.25, 0.3) is 0 Å².